The van der Waals surface area contributed by atoms with Crippen LogP contribution in [0.1, 0.15) is 45.4 Å². The number of rotatable bonds is 15. The van der Waals surface area contributed by atoms with Crippen LogP contribution in [0.5, 0.6) is 0 Å². The molecule has 0 radical (unpaired) electrons. The Labute approximate surface area is 275 Å². The fourth-order valence-corrected chi connectivity index (χ4v) is 8.14. The number of para-hydroxylation sites is 2. The molecule has 4 heterocycles. The summed E-state index contributed by atoms with van der Waals surface area (Å²) in [5, 5.41) is 18.0. The minimum absolute atomic E-state index is 0.0547. The number of unbranched alkanes of at least 4 members (excludes halogenated alkanes) is 2. The van der Waals surface area contributed by atoms with E-state index in [1.807, 2.05) is 61.5 Å². The number of amides is 3. The van der Waals surface area contributed by atoms with Crippen LogP contribution in [0.4, 0.5) is 5.69 Å². The van der Waals surface area contributed by atoms with E-state index in [1.54, 1.807) is 31.5 Å². The van der Waals surface area contributed by atoms with E-state index >= 15 is 0 Å². The topological polar surface area (TPSA) is 121 Å². The molecule has 11 heteroatoms. The number of aromatic nitrogens is 3. The maximum Gasteiger partial charge on any atom is 0.250 e. The zero-order chi connectivity index (χ0) is 33.2. The zero-order valence-corrected chi connectivity index (χ0v) is 27.0. The molecule has 2 aromatic carbocycles. The van der Waals surface area contributed by atoms with Gasteiger partial charge in [-0.25, -0.2) is 4.68 Å². The van der Waals surface area contributed by atoms with Crippen molar-refractivity contribution >= 4 is 34.4 Å². The Morgan fingerprint density at radius 2 is 1.77 bits per heavy atom. The van der Waals surface area contributed by atoms with Crippen LogP contribution in [0.25, 0.3) is 11.0 Å². The molecule has 1 N–H and O–H groups in total. The van der Waals surface area contributed by atoms with Crippen LogP contribution in [0.2, 0.25) is 0 Å². The van der Waals surface area contributed by atoms with Gasteiger partial charge < -0.3 is 24.5 Å². The van der Waals surface area contributed by atoms with Gasteiger partial charge in [0.25, 0.3) is 0 Å². The van der Waals surface area contributed by atoms with Crippen molar-refractivity contribution in [3.8, 4) is 0 Å². The van der Waals surface area contributed by atoms with Crippen LogP contribution in [0.15, 0.2) is 79.9 Å². The monoisotopic (exact) mass is 640 g/mol. The second-order valence-electron chi connectivity index (χ2n) is 12.8. The predicted molar refractivity (Wildman–Crippen MR) is 178 cm³/mol. The van der Waals surface area contributed by atoms with Crippen LogP contribution >= 0.6 is 0 Å². The van der Waals surface area contributed by atoms with Gasteiger partial charge in [0.1, 0.15) is 23.8 Å². The van der Waals surface area contributed by atoms with Crippen molar-refractivity contribution in [2.75, 3.05) is 31.1 Å². The quantitative estimate of drug-likeness (QED) is 0.197. The van der Waals surface area contributed by atoms with E-state index in [-0.39, 0.29) is 44.1 Å². The first-order valence-electron chi connectivity index (χ1n) is 16.6. The van der Waals surface area contributed by atoms with Gasteiger partial charge in [-0.2, -0.15) is 0 Å². The van der Waals surface area contributed by atoms with Crippen molar-refractivity contribution < 1.29 is 24.2 Å². The number of fused-ring (bicyclic) bond motifs is 2. The standard InChI is InChI=1S/C36H44N6O5/c1-4-21-39(25-42-28-18-12-11-17-27(28)37-38-42)34(46)31-36-20-19-35(6-3,47-36)29(30(36)33(45)41(31)23-13-8-14-24-43)32(44)40(22-5-2)26-15-9-7-10-16-26/h4-5,7,9-12,15-18,29-31,43H,1-2,6,8,13-14,19-25H2,3H3/t29-,30+,31?,35+,36?/m1/s1. The minimum atomic E-state index is -1.16. The van der Waals surface area contributed by atoms with E-state index in [1.165, 1.54) is 0 Å². The lowest BCUT2D eigenvalue weighted by atomic mass is 9.64. The molecule has 0 saturated carbocycles. The Balaban J connectivity index is 1.40. The van der Waals surface area contributed by atoms with E-state index < -0.39 is 29.1 Å². The van der Waals surface area contributed by atoms with E-state index in [0.29, 0.717) is 50.6 Å². The number of hydrogen-bond donors (Lipinski definition) is 1. The van der Waals surface area contributed by atoms with Gasteiger partial charge in [-0.1, -0.05) is 54.6 Å². The summed E-state index contributed by atoms with van der Waals surface area (Å²) in [5.74, 6) is -2.27. The molecule has 1 aromatic heterocycles. The molecule has 3 aromatic rings. The number of nitrogens with zero attached hydrogens (tertiary/aromatic N) is 6. The third kappa shape index (κ3) is 5.45. The second-order valence-corrected chi connectivity index (χ2v) is 12.8. The molecule has 47 heavy (non-hydrogen) atoms. The lowest BCUT2D eigenvalue weighted by Gasteiger charge is -2.37. The van der Waals surface area contributed by atoms with Crippen molar-refractivity contribution in [1.29, 1.82) is 0 Å². The summed E-state index contributed by atoms with van der Waals surface area (Å²) in [7, 11) is 0. The van der Waals surface area contributed by atoms with E-state index in [9.17, 15) is 19.5 Å². The lowest BCUT2D eigenvalue weighted by Crippen LogP contribution is -2.56. The first kappa shape index (κ1) is 32.6. The molecule has 5 atom stereocenters. The fourth-order valence-electron chi connectivity index (χ4n) is 8.14. The highest BCUT2D eigenvalue weighted by Crippen LogP contribution is 2.64. The van der Waals surface area contributed by atoms with Gasteiger partial charge in [0.05, 0.1) is 23.0 Å². The molecule has 2 unspecified atom stereocenters. The van der Waals surface area contributed by atoms with Crippen molar-refractivity contribution in [3.05, 3.63) is 79.9 Å². The highest BCUT2D eigenvalue weighted by molar-refractivity contribution is 6.03. The number of anilines is 1. The first-order chi connectivity index (χ1) is 22.9. The Kier molecular flexibility index (Phi) is 9.29. The summed E-state index contributed by atoms with van der Waals surface area (Å²) in [6.45, 7) is 10.8. The normalized spacial score (nSPS) is 26.0. The number of aliphatic hydroxyl groups is 1. The smallest absolute Gasteiger partial charge is 0.250 e. The average Bonchev–Trinajstić information content (AvgIpc) is 3.82. The molecule has 1 spiro atoms. The summed E-state index contributed by atoms with van der Waals surface area (Å²) < 4.78 is 8.70. The van der Waals surface area contributed by atoms with Gasteiger partial charge >= 0.3 is 0 Å². The zero-order valence-electron chi connectivity index (χ0n) is 27.0. The molecular weight excluding hydrogens is 596 g/mol. The van der Waals surface area contributed by atoms with E-state index in [4.69, 9.17) is 4.74 Å². The summed E-state index contributed by atoms with van der Waals surface area (Å²) in [6, 6.07) is 16.0. The van der Waals surface area contributed by atoms with Crippen LogP contribution in [-0.2, 0) is 25.8 Å². The van der Waals surface area contributed by atoms with Gasteiger partial charge in [-0.3, -0.25) is 14.4 Å². The maximum absolute atomic E-state index is 14.9. The molecule has 3 saturated heterocycles. The molecule has 3 aliphatic heterocycles. The molecule has 3 fully saturated rings. The first-order valence-corrected chi connectivity index (χ1v) is 16.6. The van der Waals surface area contributed by atoms with Crippen molar-refractivity contribution in [3.63, 3.8) is 0 Å². The third-order valence-corrected chi connectivity index (χ3v) is 10.3. The summed E-state index contributed by atoms with van der Waals surface area (Å²) in [4.78, 5) is 49.3. The number of benzene rings is 2. The number of aliphatic hydroxyl groups excluding tert-OH is 1. The molecule has 248 valence electrons. The minimum Gasteiger partial charge on any atom is -0.396 e. The Morgan fingerprint density at radius 1 is 1.02 bits per heavy atom. The summed E-state index contributed by atoms with van der Waals surface area (Å²) in [6.07, 6.45) is 6.84. The summed E-state index contributed by atoms with van der Waals surface area (Å²) in [5.41, 5.74) is 0.174. The van der Waals surface area contributed by atoms with E-state index in [2.05, 4.69) is 23.5 Å². The van der Waals surface area contributed by atoms with Gasteiger partial charge in [0.15, 0.2) is 0 Å². The number of ether oxygens (including phenoxy) is 1. The molecule has 6 rings (SSSR count). The lowest BCUT2D eigenvalue weighted by molar-refractivity contribution is -0.153. The van der Waals surface area contributed by atoms with E-state index in [0.717, 1.165) is 11.2 Å². The van der Waals surface area contributed by atoms with Crippen molar-refractivity contribution in [1.82, 2.24) is 24.8 Å². The Bertz CT molecular complexity index is 1640. The average molecular weight is 641 g/mol. The Hall–Kier alpha value is -4.35. The van der Waals surface area contributed by atoms with Gasteiger partial charge in [-0.05, 0) is 62.8 Å². The van der Waals surface area contributed by atoms with Crippen LogP contribution in [0.3, 0.4) is 0 Å². The van der Waals surface area contributed by atoms with Gasteiger partial charge in [-0.15, -0.1) is 18.3 Å². The molecule has 11 nitrogen and oxygen atoms in total. The SMILES string of the molecule is C=CCN(Cn1nnc2ccccc21)C(=O)C1N(CCCCCO)C(=O)[C@@H]2[C@H](C(=O)N(CC=C)c3ccccc3)[C@]3(CC)CCC12O3. The van der Waals surface area contributed by atoms with Crippen molar-refractivity contribution in [2.24, 2.45) is 11.8 Å². The highest BCUT2D eigenvalue weighted by Gasteiger charge is 2.79. The number of carbonyl (C=O) groups is 3. The second kappa shape index (κ2) is 13.4. The fraction of sp³-hybridized carbons (Fsp3) is 0.472. The molecule has 3 aliphatic rings. The van der Waals surface area contributed by atoms with Crippen LogP contribution in [-0.4, -0.2) is 91.1 Å². The number of hydrogen-bond acceptors (Lipinski definition) is 7. The third-order valence-electron chi connectivity index (χ3n) is 10.3. The summed E-state index contributed by atoms with van der Waals surface area (Å²) >= 11 is 0. The maximum atomic E-state index is 14.9. The molecule has 0 aliphatic carbocycles. The van der Waals surface area contributed by atoms with Gasteiger partial charge in [0.2, 0.25) is 17.7 Å². The molecular formula is C36H44N6O5. The molecule has 3 amide bonds. The van der Waals surface area contributed by atoms with Crippen LogP contribution < -0.4 is 4.90 Å². The van der Waals surface area contributed by atoms with Crippen LogP contribution in [0, 0.1) is 11.8 Å². The number of likely N-dealkylation sites (tertiary alicyclic amines) is 1. The highest BCUT2D eigenvalue weighted by atomic mass is 16.5. The largest absolute Gasteiger partial charge is 0.396 e. The Morgan fingerprint density at radius 3 is 2.49 bits per heavy atom. The predicted octanol–water partition coefficient (Wildman–Crippen LogP) is 3.94. The van der Waals surface area contributed by atoms with Gasteiger partial charge in [0, 0.05) is 31.9 Å². The number of carbonyl (C=O) groups excluding carboxylic acids is 3. The molecule has 2 bridgehead atoms. The van der Waals surface area contributed by atoms with Crippen molar-refractivity contribution in [2.45, 2.75) is 69.4 Å².